The number of hydrogen-bond donors (Lipinski definition) is 1. The third-order valence-electron chi connectivity index (χ3n) is 3.72. The van der Waals surface area contributed by atoms with Gasteiger partial charge in [0.2, 0.25) is 0 Å². The summed E-state index contributed by atoms with van der Waals surface area (Å²) in [7, 11) is 3.90. The normalized spacial score (nSPS) is 10.5. The maximum Gasteiger partial charge on any atom is 0.251 e. The van der Waals surface area contributed by atoms with Crippen LogP contribution in [0.5, 0.6) is 0 Å². The zero-order valence-electron chi connectivity index (χ0n) is 14.3. The predicted octanol–water partition coefficient (Wildman–Crippen LogP) is 1.84. The topological polar surface area (TPSA) is 75.9 Å². The van der Waals surface area contributed by atoms with Crippen molar-refractivity contribution in [3.63, 3.8) is 0 Å². The molecule has 0 unspecified atom stereocenters. The predicted molar refractivity (Wildman–Crippen MR) is 96.4 cm³/mol. The van der Waals surface area contributed by atoms with E-state index in [1.165, 1.54) is 0 Å². The molecule has 1 aromatic carbocycles. The van der Waals surface area contributed by atoms with Crippen molar-refractivity contribution in [2.75, 3.05) is 25.5 Å². The van der Waals surface area contributed by atoms with Crippen molar-refractivity contribution in [1.82, 2.24) is 25.1 Å². The Morgan fingerprint density at radius 1 is 1.20 bits per heavy atom. The molecule has 0 aliphatic carbocycles. The lowest BCUT2D eigenvalue weighted by atomic mass is 10.2. The van der Waals surface area contributed by atoms with Crippen molar-refractivity contribution < 1.29 is 4.79 Å². The summed E-state index contributed by atoms with van der Waals surface area (Å²) in [6, 6.07) is 9.41. The van der Waals surface area contributed by atoms with Crippen LogP contribution in [0.3, 0.4) is 0 Å². The molecule has 1 N–H and O–H groups in total. The van der Waals surface area contributed by atoms with E-state index in [4.69, 9.17) is 0 Å². The number of anilines is 1. The fraction of sp³-hybridized carbons (Fsp3) is 0.222. The molecule has 0 spiro atoms. The Morgan fingerprint density at radius 2 is 2.08 bits per heavy atom. The minimum Gasteiger partial charge on any atom is -0.378 e. The quantitative estimate of drug-likeness (QED) is 0.743. The molecule has 2 heterocycles. The maximum absolute atomic E-state index is 12.3. The molecule has 3 rings (SSSR count). The Hall–Kier alpha value is -3.22. The van der Waals surface area contributed by atoms with Gasteiger partial charge in [-0.2, -0.15) is 5.10 Å². The second-order valence-electron chi connectivity index (χ2n) is 5.76. The minimum atomic E-state index is -0.0926. The van der Waals surface area contributed by atoms with Gasteiger partial charge in [0.15, 0.2) is 0 Å². The number of hydrogen-bond acceptors (Lipinski definition) is 5. The molecular formula is C18H20N6O. The molecule has 3 aromatic rings. The maximum atomic E-state index is 12.3. The summed E-state index contributed by atoms with van der Waals surface area (Å²) in [5.74, 6) is -0.0926. The standard InChI is InChI=1S/C18H20N6O/c1-23(2)15-5-3-4-14(12-15)18(25)21-9-11-24-10-6-16(22-24)17-13-19-7-8-20-17/h3-8,10,12-13H,9,11H2,1-2H3,(H,21,25). The zero-order chi connectivity index (χ0) is 17.6. The van der Waals surface area contributed by atoms with Gasteiger partial charge in [-0.3, -0.25) is 19.4 Å². The number of benzene rings is 1. The van der Waals surface area contributed by atoms with E-state index in [0.717, 1.165) is 17.1 Å². The first kappa shape index (κ1) is 16.6. The van der Waals surface area contributed by atoms with Gasteiger partial charge in [0.05, 0.1) is 12.7 Å². The number of carbonyl (C=O) groups is 1. The highest BCUT2D eigenvalue weighted by Crippen LogP contribution is 2.13. The highest BCUT2D eigenvalue weighted by Gasteiger charge is 2.07. The number of nitrogens with zero attached hydrogens (tertiary/aromatic N) is 5. The van der Waals surface area contributed by atoms with Crippen LogP contribution in [0.1, 0.15) is 10.4 Å². The van der Waals surface area contributed by atoms with Crippen molar-refractivity contribution in [2.45, 2.75) is 6.54 Å². The first-order valence-electron chi connectivity index (χ1n) is 7.99. The third kappa shape index (κ3) is 4.20. The molecule has 0 fully saturated rings. The van der Waals surface area contributed by atoms with Crippen molar-refractivity contribution in [3.8, 4) is 11.4 Å². The molecular weight excluding hydrogens is 316 g/mol. The largest absolute Gasteiger partial charge is 0.378 e. The number of nitrogens with one attached hydrogen (secondary N) is 1. The molecule has 7 heteroatoms. The first-order valence-corrected chi connectivity index (χ1v) is 7.99. The highest BCUT2D eigenvalue weighted by atomic mass is 16.1. The van der Waals surface area contributed by atoms with Crippen molar-refractivity contribution in [2.24, 2.45) is 0 Å². The molecule has 128 valence electrons. The van der Waals surface area contributed by atoms with Crippen LogP contribution in [0.4, 0.5) is 5.69 Å². The van der Waals surface area contributed by atoms with Crippen LogP contribution in [-0.4, -0.2) is 46.3 Å². The summed E-state index contributed by atoms with van der Waals surface area (Å²) in [5, 5.41) is 7.36. The second-order valence-corrected chi connectivity index (χ2v) is 5.76. The smallest absolute Gasteiger partial charge is 0.251 e. The Morgan fingerprint density at radius 3 is 2.84 bits per heavy atom. The van der Waals surface area contributed by atoms with E-state index in [1.54, 1.807) is 23.3 Å². The van der Waals surface area contributed by atoms with E-state index < -0.39 is 0 Å². The van der Waals surface area contributed by atoms with Gasteiger partial charge in [-0.15, -0.1) is 0 Å². The van der Waals surface area contributed by atoms with Crippen LogP contribution in [0.2, 0.25) is 0 Å². The Balaban J connectivity index is 1.55. The number of carbonyl (C=O) groups excluding carboxylic acids is 1. The molecule has 0 aliphatic rings. The summed E-state index contributed by atoms with van der Waals surface area (Å²) < 4.78 is 1.78. The lowest BCUT2D eigenvalue weighted by Gasteiger charge is -2.13. The Labute approximate surface area is 146 Å². The molecule has 0 radical (unpaired) electrons. The van der Waals surface area contributed by atoms with Crippen LogP contribution in [0.15, 0.2) is 55.1 Å². The molecule has 1 amide bonds. The van der Waals surface area contributed by atoms with Crippen LogP contribution < -0.4 is 10.2 Å². The average Bonchev–Trinajstić information content (AvgIpc) is 3.11. The Bertz CT molecular complexity index is 844. The molecule has 0 aliphatic heterocycles. The average molecular weight is 336 g/mol. The summed E-state index contributed by atoms with van der Waals surface area (Å²) in [4.78, 5) is 22.5. The Kier molecular flexibility index (Phi) is 5.03. The van der Waals surface area contributed by atoms with Gasteiger partial charge in [0, 0.05) is 50.5 Å². The summed E-state index contributed by atoms with van der Waals surface area (Å²) >= 11 is 0. The third-order valence-corrected chi connectivity index (χ3v) is 3.72. The fourth-order valence-electron chi connectivity index (χ4n) is 2.37. The SMILES string of the molecule is CN(C)c1cccc(C(=O)NCCn2ccc(-c3cnccn3)n2)c1. The van der Waals surface area contributed by atoms with Crippen molar-refractivity contribution in [1.29, 1.82) is 0 Å². The van der Waals surface area contributed by atoms with Gasteiger partial charge >= 0.3 is 0 Å². The lowest BCUT2D eigenvalue weighted by Crippen LogP contribution is -2.27. The molecule has 0 saturated carbocycles. The van der Waals surface area contributed by atoms with E-state index in [0.29, 0.717) is 18.7 Å². The summed E-state index contributed by atoms with van der Waals surface area (Å²) in [6.45, 7) is 1.08. The van der Waals surface area contributed by atoms with E-state index in [2.05, 4.69) is 20.4 Å². The van der Waals surface area contributed by atoms with Crippen LogP contribution >= 0.6 is 0 Å². The van der Waals surface area contributed by atoms with Crippen LogP contribution in [-0.2, 0) is 6.54 Å². The van der Waals surface area contributed by atoms with Gasteiger partial charge in [-0.25, -0.2) is 0 Å². The summed E-state index contributed by atoms with van der Waals surface area (Å²) in [5.41, 5.74) is 3.13. The first-order chi connectivity index (χ1) is 12.1. The molecule has 25 heavy (non-hydrogen) atoms. The van der Waals surface area contributed by atoms with Gasteiger partial charge in [-0.05, 0) is 24.3 Å². The number of rotatable bonds is 6. The van der Waals surface area contributed by atoms with Gasteiger partial charge in [0.1, 0.15) is 11.4 Å². The zero-order valence-corrected chi connectivity index (χ0v) is 14.3. The van der Waals surface area contributed by atoms with E-state index in [-0.39, 0.29) is 5.91 Å². The van der Waals surface area contributed by atoms with Gasteiger partial charge in [-0.1, -0.05) is 6.07 Å². The van der Waals surface area contributed by atoms with E-state index >= 15 is 0 Å². The second kappa shape index (κ2) is 7.57. The monoisotopic (exact) mass is 336 g/mol. The molecule has 2 aromatic heterocycles. The lowest BCUT2D eigenvalue weighted by molar-refractivity contribution is 0.0952. The van der Waals surface area contributed by atoms with Gasteiger partial charge < -0.3 is 10.2 Å². The van der Waals surface area contributed by atoms with Gasteiger partial charge in [0.25, 0.3) is 5.91 Å². The number of aromatic nitrogens is 4. The van der Waals surface area contributed by atoms with Crippen molar-refractivity contribution in [3.05, 3.63) is 60.7 Å². The fourth-order valence-corrected chi connectivity index (χ4v) is 2.37. The van der Waals surface area contributed by atoms with Crippen LogP contribution in [0, 0.1) is 0 Å². The van der Waals surface area contributed by atoms with E-state index in [1.807, 2.05) is 55.5 Å². The van der Waals surface area contributed by atoms with Crippen LogP contribution in [0.25, 0.3) is 11.4 Å². The minimum absolute atomic E-state index is 0.0926. The molecule has 0 saturated heterocycles. The summed E-state index contributed by atoms with van der Waals surface area (Å²) in [6.07, 6.45) is 6.80. The molecule has 7 nitrogen and oxygen atoms in total. The van der Waals surface area contributed by atoms with E-state index in [9.17, 15) is 4.79 Å². The highest BCUT2D eigenvalue weighted by molar-refractivity contribution is 5.95. The molecule has 0 atom stereocenters. The number of amides is 1. The van der Waals surface area contributed by atoms with Crippen molar-refractivity contribution >= 4 is 11.6 Å². The molecule has 0 bridgehead atoms.